The van der Waals surface area contributed by atoms with Crippen LogP contribution in [0.4, 0.5) is 0 Å². The summed E-state index contributed by atoms with van der Waals surface area (Å²) in [7, 11) is 0. The lowest BCUT2D eigenvalue weighted by Crippen LogP contribution is -2.48. The highest BCUT2D eigenvalue weighted by Crippen LogP contribution is 2.34. The highest BCUT2D eigenvalue weighted by Gasteiger charge is 2.39. The van der Waals surface area contributed by atoms with Crippen LogP contribution in [-0.4, -0.2) is 41.1 Å². The number of ether oxygens (including phenoxy) is 1. The van der Waals surface area contributed by atoms with E-state index in [-0.39, 0.29) is 18.1 Å². The number of nitrogens with zero attached hydrogens (tertiary/aromatic N) is 2. The van der Waals surface area contributed by atoms with Crippen LogP contribution in [-0.2, 0) is 9.53 Å². The van der Waals surface area contributed by atoms with E-state index in [9.17, 15) is 4.79 Å². The summed E-state index contributed by atoms with van der Waals surface area (Å²) in [6, 6.07) is 7.50. The number of rotatable bonds is 3. The van der Waals surface area contributed by atoms with Gasteiger partial charge in [0.05, 0.1) is 22.4 Å². The predicted molar refractivity (Wildman–Crippen MR) is 81.0 cm³/mol. The third kappa shape index (κ3) is 2.33. The number of thiazole rings is 1. The molecular formula is C15H17N3O2S. The fourth-order valence-electron chi connectivity index (χ4n) is 3.32. The van der Waals surface area contributed by atoms with Crippen molar-refractivity contribution in [3.05, 3.63) is 29.3 Å². The molecule has 2 N–H and O–H groups in total. The van der Waals surface area contributed by atoms with Gasteiger partial charge in [0.1, 0.15) is 11.0 Å². The number of hydrogen-bond donors (Lipinski definition) is 1. The monoisotopic (exact) mass is 303 g/mol. The van der Waals surface area contributed by atoms with Gasteiger partial charge in [0, 0.05) is 13.1 Å². The Morgan fingerprint density at radius 2 is 2.05 bits per heavy atom. The van der Waals surface area contributed by atoms with Crippen LogP contribution in [0.2, 0.25) is 0 Å². The number of morpholine rings is 1. The third-order valence-corrected chi connectivity index (χ3v) is 5.34. The van der Waals surface area contributed by atoms with Gasteiger partial charge < -0.3 is 10.5 Å². The topological polar surface area (TPSA) is 68.5 Å². The Balaban J connectivity index is 1.69. The third-order valence-electron chi connectivity index (χ3n) is 4.25. The maximum absolute atomic E-state index is 12.0. The van der Waals surface area contributed by atoms with E-state index in [0.29, 0.717) is 0 Å². The zero-order chi connectivity index (χ0) is 14.4. The molecule has 2 saturated heterocycles. The smallest absolute Gasteiger partial charge is 0.241 e. The Morgan fingerprint density at radius 3 is 2.71 bits per heavy atom. The molecule has 0 aliphatic carbocycles. The lowest BCUT2D eigenvalue weighted by molar-refractivity contribution is -0.127. The van der Waals surface area contributed by atoms with E-state index in [2.05, 4.69) is 9.88 Å². The molecule has 4 rings (SSSR count). The van der Waals surface area contributed by atoms with Crippen molar-refractivity contribution in [3.8, 4) is 0 Å². The number of likely N-dealkylation sites (tertiary alicyclic amines) is 1. The summed E-state index contributed by atoms with van der Waals surface area (Å²) < 4.78 is 6.93. The first-order valence-corrected chi connectivity index (χ1v) is 8.06. The van der Waals surface area contributed by atoms with Gasteiger partial charge in [-0.3, -0.25) is 9.69 Å². The number of amides is 1. The Morgan fingerprint density at radius 1 is 1.33 bits per heavy atom. The summed E-state index contributed by atoms with van der Waals surface area (Å²) >= 11 is 1.56. The van der Waals surface area contributed by atoms with Crippen LogP contribution in [0, 0.1) is 0 Å². The minimum atomic E-state index is -0.436. The maximum Gasteiger partial charge on any atom is 0.241 e. The largest absolute Gasteiger partial charge is 0.372 e. The molecule has 0 spiro atoms. The van der Waals surface area contributed by atoms with E-state index in [1.807, 2.05) is 24.3 Å². The lowest BCUT2D eigenvalue weighted by atomic mass is 10.2. The first-order chi connectivity index (χ1) is 10.2. The lowest BCUT2D eigenvalue weighted by Gasteiger charge is -2.35. The van der Waals surface area contributed by atoms with Crippen molar-refractivity contribution in [3.63, 3.8) is 0 Å². The molecule has 3 atom stereocenters. The first kappa shape index (κ1) is 13.2. The normalized spacial score (nSPS) is 27.0. The van der Waals surface area contributed by atoms with E-state index in [0.717, 1.165) is 41.2 Å². The molecule has 2 aliphatic heterocycles. The molecule has 0 saturated carbocycles. The average molecular weight is 303 g/mol. The molecule has 2 fully saturated rings. The zero-order valence-corrected chi connectivity index (χ0v) is 12.4. The van der Waals surface area contributed by atoms with Crippen molar-refractivity contribution in [2.45, 2.75) is 31.1 Å². The Bertz CT molecular complexity index is 641. The van der Waals surface area contributed by atoms with Crippen LogP contribution in [0.25, 0.3) is 10.2 Å². The van der Waals surface area contributed by atoms with Gasteiger partial charge in [0.15, 0.2) is 0 Å². The number of para-hydroxylation sites is 1. The van der Waals surface area contributed by atoms with Crippen molar-refractivity contribution in [2.24, 2.45) is 5.73 Å². The summed E-state index contributed by atoms with van der Waals surface area (Å²) in [6.45, 7) is 1.53. The Hall–Kier alpha value is -1.50. The van der Waals surface area contributed by atoms with Gasteiger partial charge in [-0.15, -0.1) is 11.3 Å². The minimum Gasteiger partial charge on any atom is -0.372 e. The minimum absolute atomic E-state index is 0.236. The highest BCUT2D eigenvalue weighted by molar-refractivity contribution is 7.18. The van der Waals surface area contributed by atoms with Crippen molar-refractivity contribution < 1.29 is 9.53 Å². The number of hydrogen-bond acceptors (Lipinski definition) is 5. The second-order valence-corrected chi connectivity index (χ2v) is 6.80. The number of aromatic nitrogens is 1. The first-order valence-electron chi connectivity index (χ1n) is 7.25. The van der Waals surface area contributed by atoms with E-state index >= 15 is 0 Å². The van der Waals surface area contributed by atoms with E-state index in [4.69, 9.17) is 10.5 Å². The average Bonchev–Trinajstić information content (AvgIpc) is 3.01. The molecule has 1 aromatic carbocycles. The zero-order valence-electron chi connectivity index (χ0n) is 11.6. The van der Waals surface area contributed by atoms with Crippen LogP contribution >= 0.6 is 11.3 Å². The molecule has 110 valence electrons. The van der Waals surface area contributed by atoms with Crippen molar-refractivity contribution in [2.75, 3.05) is 13.1 Å². The number of carbonyl (C=O) groups excluding carboxylic acids is 1. The summed E-state index contributed by atoms with van der Waals surface area (Å²) in [6.07, 6.45) is 2.62. The quantitative estimate of drug-likeness (QED) is 0.937. The molecule has 6 heteroatoms. The maximum atomic E-state index is 12.0. The Kier molecular flexibility index (Phi) is 3.17. The van der Waals surface area contributed by atoms with E-state index in [1.165, 1.54) is 0 Å². The summed E-state index contributed by atoms with van der Waals surface area (Å²) in [4.78, 5) is 18.8. The van der Waals surface area contributed by atoms with E-state index < -0.39 is 6.04 Å². The van der Waals surface area contributed by atoms with Gasteiger partial charge in [0.25, 0.3) is 0 Å². The number of nitrogens with two attached hydrogens (primary N) is 1. The fourth-order valence-corrected chi connectivity index (χ4v) is 4.43. The molecule has 2 aliphatic rings. The standard InChI is InChI=1S/C15H17N3O2S/c16-14(19)13(18-7-9-5-6-10(8-18)20-9)15-17-11-3-1-2-4-12(11)21-15/h1-4,9-10,13H,5-8H2,(H2,16,19). The van der Waals surface area contributed by atoms with E-state index in [1.54, 1.807) is 11.3 Å². The van der Waals surface area contributed by atoms with Crippen molar-refractivity contribution >= 4 is 27.5 Å². The molecule has 2 bridgehead atoms. The van der Waals surface area contributed by atoms with Gasteiger partial charge in [-0.2, -0.15) is 0 Å². The Labute approximate surface area is 126 Å². The van der Waals surface area contributed by atoms with Gasteiger partial charge in [-0.25, -0.2) is 4.98 Å². The summed E-state index contributed by atoms with van der Waals surface area (Å²) in [5, 5.41) is 0.796. The number of benzene rings is 1. The number of fused-ring (bicyclic) bond motifs is 3. The van der Waals surface area contributed by atoms with Crippen LogP contribution < -0.4 is 5.73 Å². The molecule has 5 nitrogen and oxygen atoms in total. The molecule has 3 unspecified atom stereocenters. The molecule has 2 aromatic rings. The second-order valence-electron chi connectivity index (χ2n) is 5.74. The predicted octanol–water partition coefficient (Wildman–Crippen LogP) is 1.69. The molecule has 3 heterocycles. The highest BCUT2D eigenvalue weighted by atomic mass is 32.1. The molecular weight excluding hydrogens is 286 g/mol. The van der Waals surface area contributed by atoms with Crippen LogP contribution in [0.1, 0.15) is 23.9 Å². The van der Waals surface area contributed by atoms with Crippen LogP contribution in [0.3, 0.4) is 0 Å². The second kappa shape index (κ2) is 5.05. The van der Waals surface area contributed by atoms with Gasteiger partial charge in [0.2, 0.25) is 5.91 Å². The SMILES string of the molecule is NC(=O)C(c1nc2ccccc2s1)N1CC2CCC(C1)O2. The molecule has 1 aromatic heterocycles. The van der Waals surface area contributed by atoms with Crippen LogP contribution in [0.15, 0.2) is 24.3 Å². The summed E-state index contributed by atoms with van der Waals surface area (Å²) in [5.41, 5.74) is 6.61. The fraction of sp³-hybridized carbons (Fsp3) is 0.467. The molecule has 21 heavy (non-hydrogen) atoms. The molecule has 1 amide bonds. The molecule has 0 radical (unpaired) electrons. The summed E-state index contributed by atoms with van der Waals surface area (Å²) in [5.74, 6) is -0.324. The number of carbonyl (C=O) groups is 1. The van der Waals surface area contributed by atoms with Gasteiger partial charge in [-0.05, 0) is 25.0 Å². The van der Waals surface area contributed by atoms with Crippen molar-refractivity contribution in [1.29, 1.82) is 0 Å². The van der Waals surface area contributed by atoms with Gasteiger partial charge in [-0.1, -0.05) is 12.1 Å². The number of primary amides is 1. The van der Waals surface area contributed by atoms with Crippen molar-refractivity contribution in [1.82, 2.24) is 9.88 Å². The van der Waals surface area contributed by atoms with Crippen LogP contribution in [0.5, 0.6) is 0 Å². The van der Waals surface area contributed by atoms with Gasteiger partial charge >= 0.3 is 0 Å².